The SMILES string of the molecule is CC(CNCCCC(=O)N(C)C)N1CCCC1. The van der Waals surface area contributed by atoms with Crippen LogP contribution in [0.15, 0.2) is 0 Å². The lowest BCUT2D eigenvalue weighted by Crippen LogP contribution is -2.39. The molecule has 1 aliphatic heterocycles. The molecule has 1 aliphatic rings. The summed E-state index contributed by atoms with van der Waals surface area (Å²) in [5, 5.41) is 3.44. The standard InChI is InChI=1S/C13H27N3O/c1-12(16-9-4-5-10-16)11-14-8-6-7-13(17)15(2)3/h12,14H,4-11H2,1-3H3. The molecule has 1 unspecified atom stereocenters. The van der Waals surface area contributed by atoms with Crippen molar-refractivity contribution in [3.63, 3.8) is 0 Å². The number of nitrogens with zero attached hydrogens (tertiary/aromatic N) is 2. The van der Waals surface area contributed by atoms with E-state index in [4.69, 9.17) is 0 Å². The van der Waals surface area contributed by atoms with Gasteiger partial charge in [-0.15, -0.1) is 0 Å². The largest absolute Gasteiger partial charge is 0.349 e. The first-order valence-corrected chi connectivity index (χ1v) is 6.76. The van der Waals surface area contributed by atoms with Crippen LogP contribution in [0.5, 0.6) is 0 Å². The predicted molar refractivity (Wildman–Crippen MR) is 71.1 cm³/mol. The van der Waals surface area contributed by atoms with Crippen LogP contribution in [0.25, 0.3) is 0 Å². The van der Waals surface area contributed by atoms with Crippen molar-refractivity contribution >= 4 is 5.91 Å². The number of carbonyl (C=O) groups excluding carboxylic acids is 1. The maximum Gasteiger partial charge on any atom is 0.222 e. The Labute approximate surface area is 105 Å². The second-order valence-corrected chi connectivity index (χ2v) is 5.19. The summed E-state index contributed by atoms with van der Waals surface area (Å²) < 4.78 is 0. The smallest absolute Gasteiger partial charge is 0.222 e. The highest BCUT2D eigenvalue weighted by atomic mass is 16.2. The molecule has 100 valence electrons. The molecule has 1 saturated heterocycles. The van der Waals surface area contributed by atoms with Crippen LogP contribution in [-0.4, -0.2) is 62.0 Å². The van der Waals surface area contributed by atoms with Crippen molar-refractivity contribution in [2.45, 2.75) is 38.6 Å². The van der Waals surface area contributed by atoms with E-state index in [1.54, 1.807) is 4.90 Å². The molecule has 0 aromatic heterocycles. The van der Waals surface area contributed by atoms with Gasteiger partial charge in [-0.05, 0) is 45.8 Å². The van der Waals surface area contributed by atoms with Crippen LogP contribution in [0, 0.1) is 0 Å². The average Bonchev–Trinajstić information content (AvgIpc) is 2.81. The van der Waals surface area contributed by atoms with Gasteiger partial charge in [0, 0.05) is 33.1 Å². The number of carbonyl (C=O) groups is 1. The third-order valence-corrected chi connectivity index (χ3v) is 3.45. The van der Waals surface area contributed by atoms with E-state index in [2.05, 4.69) is 17.1 Å². The lowest BCUT2D eigenvalue weighted by atomic mass is 10.2. The fourth-order valence-corrected chi connectivity index (χ4v) is 2.21. The van der Waals surface area contributed by atoms with Crippen molar-refractivity contribution in [1.29, 1.82) is 0 Å². The molecule has 4 heteroatoms. The zero-order valence-corrected chi connectivity index (χ0v) is 11.5. The molecule has 1 N–H and O–H groups in total. The fourth-order valence-electron chi connectivity index (χ4n) is 2.21. The highest BCUT2D eigenvalue weighted by molar-refractivity contribution is 5.75. The van der Waals surface area contributed by atoms with Crippen molar-refractivity contribution in [1.82, 2.24) is 15.1 Å². The first-order chi connectivity index (χ1) is 8.11. The highest BCUT2D eigenvalue weighted by Crippen LogP contribution is 2.10. The summed E-state index contributed by atoms with van der Waals surface area (Å²) in [7, 11) is 3.62. The predicted octanol–water partition coefficient (Wildman–Crippen LogP) is 0.929. The van der Waals surface area contributed by atoms with Gasteiger partial charge in [0.25, 0.3) is 0 Å². The molecule has 0 radical (unpaired) electrons. The maximum absolute atomic E-state index is 11.3. The van der Waals surface area contributed by atoms with Gasteiger partial charge in [0.2, 0.25) is 5.91 Å². The molecule has 17 heavy (non-hydrogen) atoms. The van der Waals surface area contributed by atoms with Gasteiger partial charge in [-0.2, -0.15) is 0 Å². The monoisotopic (exact) mass is 241 g/mol. The van der Waals surface area contributed by atoms with Crippen LogP contribution < -0.4 is 5.32 Å². The van der Waals surface area contributed by atoms with Gasteiger partial charge >= 0.3 is 0 Å². The topological polar surface area (TPSA) is 35.6 Å². The Bertz CT molecular complexity index is 225. The molecule has 1 heterocycles. The highest BCUT2D eigenvalue weighted by Gasteiger charge is 2.17. The Morgan fingerprint density at radius 1 is 1.35 bits per heavy atom. The van der Waals surface area contributed by atoms with Gasteiger partial charge in [0.15, 0.2) is 0 Å². The minimum atomic E-state index is 0.222. The molecular formula is C13H27N3O. The van der Waals surface area contributed by atoms with Gasteiger partial charge in [0.05, 0.1) is 0 Å². The molecule has 1 fully saturated rings. The second kappa shape index (κ2) is 7.67. The van der Waals surface area contributed by atoms with Gasteiger partial charge in [0.1, 0.15) is 0 Å². The van der Waals surface area contributed by atoms with E-state index in [0.717, 1.165) is 19.5 Å². The molecule has 0 aliphatic carbocycles. The van der Waals surface area contributed by atoms with E-state index in [0.29, 0.717) is 12.5 Å². The van der Waals surface area contributed by atoms with E-state index in [1.165, 1.54) is 25.9 Å². The van der Waals surface area contributed by atoms with Crippen molar-refractivity contribution < 1.29 is 4.79 Å². The number of hydrogen-bond donors (Lipinski definition) is 1. The minimum Gasteiger partial charge on any atom is -0.349 e. The number of likely N-dealkylation sites (tertiary alicyclic amines) is 1. The summed E-state index contributed by atoms with van der Waals surface area (Å²) in [5.74, 6) is 0.222. The summed E-state index contributed by atoms with van der Waals surface area (Å²) in [4.78, 5) is 15.5. The molecule has 4 nitrogen and oxygen atoms in total. The van der Waals surface area contributed by atoms with Gasteiger partial charge in [-0.3, -0.25) is 9.69 Å². The van der Waals surface area contributed by atoms with E-state index < -0.39 is 0 Å². The Morgan fingerprint density at radius 2 is 2.00 bits per heavy atom. The zero-order valence-electron chi connectivity index (χ0n) is 11.5. The normalized spacial score (nSPS) is 18.3. The van der Waals surface area contributed by atoms with Crippen LogP contribution in [0.2, 0.25) is 0 Å². The number of hydrogen-bond acceptors (Lipinski definition) is 3. The summed E-state index contributed by atoms with van der Waals surface area (Å²) >= 11 is 0. The molecule has 1 amide bonds. The van der Waals surface area contributed by atoms with Crippen LogP contribution in [-0.2, 0) is 4.79 Å². The lowest BCUT2D eigenvalue weighted by molar-refractivity contribution is -0.128. The Hall–Kier alpha value is -0.610. The van der Waals surface area contributed by atoms with Gasteiger partial charge in [-0.1, -0.05) is 0 Å². The van der Waals surface area contributed by atoms with Crippen LogP contribution >= 0.6 is 0 Å². The fraction of sp³-hybridized carbons (Fsp3) is 0.923. The molecule has 1 rings (SSSR count). The summed E-state index contributed by atoms with van der Waals surface area (Å²) in [6.45, 7) is 6.77. The first kappa shape index (κ1) is 14.5. The second-order valence-electron chi connectivity index (χ2n) is 5.19. The van der Waals surface area contributed by atoms with Crippen LogP contribution in [0.4, 0.5) is 0 Å². The van der Waals surface area contributed by atoms with E-state index in [-0.39, 0.29) is 5.91 Å². The Balaban J connectivity index is 1.98. The van der Waals surface area contributed by atoms with Crippen LogP contribution in [0.1, 0.15) is 32.6 Å². The minimum absolute atomic E-state index is 0.222. The molecule has 0 aromatic rings. The zero-order chi connectivity index (χ0) is 12.7. The van der Waals surface area contributed by atoms with Gasteiger partial charge in [-0.25, -0.2) is 0 Å². The number of nitrogens with one attached hydrogen (secondary N) is 1. The third kappa shape index (κ3) is 5.50. The maximum atomic E-state index is 11.3. The van der Waals surface area contributed by atoms with E-state index >= 15 is 0 Å². The number of rotatable bonds is 7. The summed E-state index contributed by atoms with van der Waals surface area (Å²) in [5.41, 5.74) is 0. The molecule has 0 spiro atoms. The molecule has 0 aromatic carbocycles. The van der Waals surface area contributed by atoms with E-state index in [9.17, 15) is 4.79 Å². The Morgan fingerprint density at radius 3 is 2.59 bits per heavy atom. The van der Waals surface area contributed by atoms with Crippen molar-refractivity contribution in [2.75, 3.05) is 40.3 Å². The number of amides is 1. The lowest BCUT2D eigenvalue weighted by Gasteiger charge is -2.23. The molecule has 0 bridgehead atoms. The Kier molecular flexibility index (Phi) is 6.52. The van der Waals surface area contributed by atoms with Crippen molar-refractivity contribution in [2.24, 2.45) is 0 Å². The summed E-state index contributed by atoms with van der Waals surface area (Å²) in [6.07, 6.45) is 4.28. The molecule has 1 atom stereocenters. The van der Waals surface area contributed by atoms with Crippen molar-refractivity contribution in [3.05, 3.63) is 0 Å². The van der Waals surface area contributed by atoms with Crippen LogP contribution in [0.3, 0.4) is 0 Å². The summed E-state index contributed by atoms with van der Waals surface area (Å²) in [6, 6.07) is 0.627. The van der Waals surface area contributed by atoms with Gasteiger partial charge < -0.3 is 10.2 Å². The molecular weight excluding hydrogens is 214 g/mol. The third-order valence-electron chi connectivity index (χ3n) is 3.45. The average molecular weight is 241 g/mol. The molecule has 0 saturated carbocycles. The quantitative estimate of drug-likeness (QED) is 0.674. The van der Waals surface area contributed by atoms with Crippen molar-refractivity contribution in [3.8, 4) is 0 Å². The van der Waals surface area contributed by atoms with E-state index in [1.807, 2.05) is 14.1 Å². The first-order valence-electron chi connectivity index (χ1n) is 6.76.